The Bertz CT molecular complexity index is 660. The van der Waals surface area contributed by atoms with Crippen LogP contribution in [0.15, 0.2) is 36.4 Å². The van der Waals surface area contributed by atoms with Crippen molar-refractivity contribution in [1.82, 2.24) is 0 Å². The Morgan fingerprint density at radius 1 is 0.696 bits per heavy atom. The zero-order valence-electron chi connectivity index (χ0n) is 12.1. The van der Waals surface area contributed by atoms with Crippen molar-refractivity contribution in [2.75, 3.05) is 22.9 Å². The van der Waals surface area contributed by atoms with Gasteiger partial charge in [0.2, 0.25) is 0 Å². The van der Waals surface area contributed by atoms with E-state index in [0.717, 1.165) is 0 Å². The van der Waals surface area contributed by atoms with Gasteiger partial charge in [-0.25, -0.2) is 0 Å². The number of nitrogens with two attached hydrogens (primary N) is 4. The fourth-order valence-corrected chi connectivity index (χ4v) is 1.52. The Kier molecular flexibility index (Phi) is 8.23. The van der Waals surface area contributed by atoms with Crippen LogP contribution >= 0.6 is 0 Å². The first-order valence-electron chi connectivity index (χ1n) is 5.96. The number of hydrogen-bond acceptors (Lipinski definition) is 8. The van der Waals surface area contributed by atoms with Gasteiger partial charge in [0.15, 0.2) is 0 Å². The quantitative estimate of drug-likeness (QED) is 0.358. The van der Waals surface area contributed by atoms with Crippen LogP contribution in [-0.2, 0) is 0 Å². The molecule has 0 fully saturated rings. The molecule has 0 aliphatic rings. The van der Waals surface area contributed by atoms with E-state index in [4.69, 9.17) is 22.9 Å². The normalized spacial score (nSPS) is 9.04. The van der Waals surface area contributed by atoms with Crippen molar-refractivity contribution in [1.29, 1.82) is 0 Å². The summed E-state index contributed by atoms with van der Waals surface area (Å²) >= 11 is 0. The molecule has 0 atom stereocenters. The molecule has 0 aromatic heterocycles. The second-order valence-corrected chi connectivity index (χ2v) is 4.19. The largest absolute Gasteiger partial charge is 2.00 e. The molecule has 0 aliphatic carbocycles. The molecule has 2 aromatic carbocycles. The van der Waals surface area contributed by atoms with Crippen LogP contribution < -0.4 is 33.1 Å². The number of hydrogen-bond donors (Lipinski definition) is 4. The van der Waals surface area contributed by atoms with E-state index >= 15 is 0 Å². The van der Waals surface area contributed by atoms with Crippen LogP contribution in [0.25, 0.3) is 0 Å². The molecule has 0 saturated carbocycles. The van der Waals surface area contributed by atoms with Crippen LogP contribution in [0.4, 0.5) is 22.7 Å². The third-order valence-corrected chi connectivity index (χ3v) is 2.72. The predicted molar refractivity (Wildman–Crippen MR) is 84.9 cm³/mol. The summed E-state index contributed by atoms with van der Waals surface area (Å²) in [5.41, 5.74) is 21.9. The number of carboxylic acids is 2. The molecule has 0 radical (unpaired) electrons. The average molecular weight is 342 g/mol. The van der Waals surface area contributed by atoms with Gasteiger partial charge in [0, 0.05) is 11.1 Å². The standard InChI is InChI=1S/2C7H8N2O2.Ca/c2*8-5-3-1-2-4(6(5)9)7(10)11;/h2*1-3H,8-9H2,(H,10,11);/q;;+2/p-2. The van der Waals surface area contributed by atoms with Crippen LogP contribution in [0.5, 0.6) is 0 Å². The maximum atomic E-state index is 10.3. The molecule has 0 amide bonds. The van der Waals surface area contributed by atoms with E-state index in [0.29, 0.717) is 0 Å². The van der Waals surface area contributed by atoms with Crippen molar-refractivity contribution in [3.05, 3.63) is 47.5 Å². The fourth-order valence-electron chi connectivity index (χ4n) is 1.52. The number of nitrogen functional groups attached to an aromatic ring is 4. The smallest absolute Gasteiger partial charge is 0.545 e. The molecule has 0 unspecified atom stereocenters. The average Bonchev–Trinajstić information content (AvgIpc) is 2.45. The van der Waals surface area contributed by atoms with Gasteiger partial charge in [-0.3, -0.25) is 0 Å². The minimum Gasteiger partial charge on any atom is -0.545 e. The summed E-state index contributed by atoms with van der Waals surface area (Å²) in [5, 5.41) is 20.7. The van der Waals surface area contributed by atoms with Gasteiger partial charge in [0.05, 0.1) is 34.7 Å². The molecular formula is C14H14CaN4O4. The first-order chi connectivity index (χ1) is 10.3. The molecule has 0 heterocycles. The van der Waals surface area contributed by atoms with E-state index in [2.05, 4.69) is 0 Å². The van der Waals surface area contributed by atoms with Gasteiger partial charge in [-0.2, -0.15) is 0 Å². The van der Waals surface area contributed by atoms with Crippen LogP contribution in [0, 0.1) is 0 Å². The summed E-state index contributed by atoms with van der Waals surface area (Å²) in [5.74, 6) is -2.62. The minimum atomic E-state index is -1.31. The molecule has 0 bridgehead atoms. The van der Waals surface area contributed by atoms with Gasteiger partial charge in [0.1, 0.15) is 0 Å². The van der Waals surface area contributed by atoms with Gasteiger partial charge in [-0.05, 0) is 12.1 Å². The van der Waals surface area contributed by atoms with Crippen molar-refractivity contribution in [2.24, 2.45) is 0 Å². The number of rotatable bonds is 2. The van der Waals surface area contributed by atoms with E-state index in [-0.39, 0.29) is 71.6 Å². The van der Waals surface area contributed by atoms with Gasteiger partial charge < -0.3 is 42.7 Å². The molecule has 9 heteroatoms. The first-order valence-corrected chi connectivity index (χ1v) is 5.96. The molecule has 2 rings (SSSR count). The zero-order valence-corrected chi connectivity index (χ0v) is 14.3. The molecule has 8 nitrogen and oxygen atoms in total. The summed E-state index contributed by atoms with van der Waals surface area (Å²) in [6.07, 6.45) is 0. The van der Waals surface area contributed by atoms with Gasteiger partial charge in [-0.15, -0.1) is 0 Å². The second kappa shape index (κ2) is 9.09. The molecular weight excluding hydrogens is 328 g/mol. The number of benzene rings is 2. The Balaban J connectivity index is 0.000000403. The molecule has 23 heavy (non-hydrogen) atoms. The van der Waals surface area contributed by atoms with Crippen LogP contribution in [0.2, 0.25) is 0 Å². The van der Waals surface area contributed by atoms with E-state index in [9.17, 15) is 19.8 Å². The van der Waals surface area contributed by atoms with Crippen LogP contribution in [-0.4, -0.2) is 49.7 Å². The molecule has 2 aromatic rings. The molecule has 0 spiro atoms. The first kappa shape index (κ1) is 20.8. The molecule has 0 saturated heterocycles. The molecule has 8 N–H and O–H groups in total. The third-order valence-electron chi connectivity index (χ3n) is 2.72. The maximum absolute atomic E-state index is 10.3. The zero-order chi connectivity index (χ0) is 16.9. The number of para-hydroxylation sites is 2. The molecule has 116 valence electrons. The summed E-state index contributed by atoms with van der Waals surface area (Å²) in [7, 11) is 0. The van der Waals surface area contributed by atoms with Crippen LogP contribution in [0.1, 0.15) is 20.7 Å². The number of aromatic carboxylic acids is 2. The Hall–Kier alpha value is -2.16. The number of carboxylic acid groups (broad SMARTS) is 2. The SMILES string of the molecule is Nc1cccc(C(=O)[O-])c1N.Nc1cccc(C(=O)[O-])c1N.[Ca+2]. The number of anilines is 4. The maximum Gasteiger partial charge on any atom is 2.00 e. The Labute approximate surface area is 162 Å². The summed E-state index contributed by atoms with van der Waals surface area (Å²) < 4.78 is 0. The Morgan fingerprint density at radius 2 is 1.00 bits per heavy atom. The van der Waals surface area contributed by atoms with Crippen molar-refractivity contribution in [3.8, 4) is 0 Å². The van der Waals surface area contributed by atoms with Crippen LogP contribution in [0.3, 0.4) is 0 Å². The predicted octanol–water partition coefficient (Wildman–Crippen LogP) is -1.95. The third kappa shape index (κ3) is 5.51. The topological polar surface area (TPSA) is 184 Å². The summed E-state index contributed by atoms with van der Waals surface area (Å²) in [6, 6.07) is 8.78. The van der Waals surface area contributed by atoms with E-state index in [1.54, 1.807) is 0 Å². The van der Waals surface area contributed by atoms with Crippen molar-refractivity contribution in [2.45, 2.75) is 0 Å². The van der Waals surface area contributed by atoms with Gasteiger partial charge in [-0.1, -0.05) is 24.3 Å². The van der Waals surface area contributed by atoms with E-state index in [1.807, 2.05) is 0 Å². The monoisotopic (exact) mass is 342 g/mol. The van der Waals surface area contributed by atoms with Gasteiger partial charge in [0.25, 0.3) is 0 Å². The molecule has 0 aliphatic heterocycles. The van der Waals surface area contributed by atoms with Crippen molar-refractivity contribution < 1.29 is 19.8 Å². The van der Waals surface area contributed by atoms with Crippen molar-refractivity contribution in [3.63, 3.8) is 0 Å². The van der Waals surface area contributed by atoms with Gasteiger partial charge >= 0.3 is 37.7 Å². The Morgan fingerprint density at radius 3 is 1.22 bits per heavy atom. The van der Waals surface area contributed by atoms with E-state index < -0.39 is 11.9 Å². The van der Waals surface area contributed by atoms with E-state index in [1.165, 1.54) is 36.4 Å². The number of carbonyl (C=O) groups excluding carboxylic acids is 2. The second-order valence-electron chi connectivity index (χ2n) is 4.19. The minimum absolute atomic E-state index is 0. The van der Waals surface area contributed by atoms with Crippen molar-refractivity contribution >= 4 is 72.4 Å². The number of carbonyl (C=O) groups is 2. The summed E-state index contributed by atoms with van der Waals surface area (Å²) in [4.78, 5) is 20.7. The fraction of sp³-hybridized carbons (Fsp3) is 0. The summed E-state index contributed by atoms with van der Waals surface area (Å²) in [6.45, 7) is 0.